The summed E-state index contributed by atoms with van der Waals surface area (Å²) in [6.07, 6.45) is 0. The van der Waals surface area contributed by atoms with E-state index in [0.717, 1.165) is 11.1 Å². The number of nitrogens with zero attached hydrogens (tertiary/aromatic N) is 1. The van der Waals surface area contributed by atoms with Crippen LogP contribution >= 0.6 is 11.3 Å². The van der Waals surface area contributed by atoms with Gasteiger partial charge in [-0.25, -0.2) is 9.78 Å². The van der Waals surface area contributed by atoms with Crippen molar-refractivity contribution in [1.29, 1.82) is 0 Å². The number of anilines is 1. The summed E-state index contributed by atoms with van der Waals surface area (Å²) in [4.78, 5) is 14.7. The molecule has 2 aromatic rings. The first kappa shape index (κ1) is 10.6. The number of aromatic carboxylic acids is 1. The number of carboxylic acid groups (broad SMARTS) is 1. The van der Waals surface area contributed by atoms with Gasteiger partial charge in [-0.1, -0.05) is 12.1 Å². The fourth-order valence-electron chi connectivity index (χ4n) is 1.28. The third kappa shape index (κ3) is 1.90. The number of carbonyl (C=O) groups is 1. The third-order valence-electron chi connectivity index (χ3n) is 2.25. The van der Waals surface area contributed by atoms with Crippen LogP contribution in [0.5, 0.6) is 0 Å². The zero-order valence-corrected chi connectivity index (χ0v) is 9.41. The Bertz CT molecular complexity index is 549. The fraction of sp³-hybridized carbons (Fsp3) is 0.0909. The van der Waals surface area contributed by atoms with E-state index in [9.17, 15) is 4.79 Å². The largest absolute Gasteiger partial charge is 0.476 e. The van der Waals surface area contributed by atoms with Crippen LogP contribution in [0.15, 0.2) is 23.6 Å². The quantitative estimate of drug-likeness (QED) is 0.782. The first-order valence-electron chi connectivity index (χ1n) is 4.63. The summed E-state index contributed by atoms with van der Waals surface area (Å²) in [5.74, 6) is -1.01. The molecule has 1 aromatic heterocycles. The summed E-state index contributed by atoms with van der Waals surface area (Å²) in [6.45, 7) is 1.92. The van der Waals surface area contributed by atoms with Crippen LogP contribution in [0, 0.1) is 6.92 Å². The molecule has 0 spiro atoms. The molecule has 16 heavy (non-hydrogen) atoms. The molecule has 0 saturated carbocycles. The smallest absolute Gasteiger partial charge is 0.355 e. The lowest BCUT2D eigenvalue weighted by molar-refractivity contribution is 0.0691. The minimum atomic E-state index is -1.01. The molecule has 0 bridgehead atoms. The monoisotopic (exact) mass is 234 g/mol. The summed E-state index contributed by atoms with van der Waals surface area (Å²) in [7, 11) is 0. The molecule has 0 atom stereocenters. The van der Waals surface area contributed by atoms with Crippen molar-refractivity contribution in [3.63, 3.8) is 0 Å². The highest BCUT2D eigenvalue weighted by atomic mass is 32.1. The Labute approximate surface area is 96.4 Å². The van der Waals surface area contributed by atoms with Gasteiger partial charge in [-0.3, -0.25) is 0 Å². The second-order valence-electron chi connectivity index (χ2n) is 3.41. The number of nitrogen functional groups attached to an aromatic ring is 1. The molecular weight excluding hydrogens is 224 g/mol. The van der Waals surface area contributed by atoms with E-state index in [4.69, 9.17) is 10.8 Å². The maximum atomic E-state index is 10.7. The summed E-state index contributed by atoms with van der Waals surface area (Å²) in [5.41, 5.74) is 8.39. The van der Waals surface area contributed by atoms with Crippen LogP contribution in [-0.4, -0.2) is 16.1 Å². The first-order chi connectivity index (χ1) is 7.58. The molecule has 0 fully saturated rings. The highest BCUT2D eigenvalue weighted by Crippen LogP contribution is 2.26. The second-order valence-corrected chi connectivity index (χ2v) is 4.27. The van der Waals surface area contributed by atoms with Gasteiger partial charge in [0.1, 0.15) is 5.01 Å². The lowest BCUT2D eigenvalue weighted by atomic mass is 10.1. The standard InChI is InChI=1S/C11H10N2O2S/c1-6-2-3-7(4-8(6)12)10-13-9(5-16-10)11(14)15/h2-5H,12H2,1H3,(H,14,15). The van der Waals surface area contributed by atoms with E-state index >= 15 is 0 Å². The number of aryl methyl sites for hydroxylation is 1. The molecule has 0 aliphatic heterocycles. The lowest BCUT2D eigenvalue weighted by Gasteiger charge is -2.01. The number of aromatic nitrogens is 1. The summed E-state index contributed by atoms with van der Waals surface area (Å²) in [5, 5.41) is 11.0. The average molecular weight is 234 g/mol. The van der Waals surface area contributed by atoms with Crippen LogP contribution in [0.2, 0.25) is 0 Å². The highest BCUT2D eigenvalue weighted by molar-refractivity contribution is 7.13. The Kier molecular flexibility index (Phi) is 2.62. The lowest BCUT2D eigenvalue weighted by Crippen LogP contribution is -1.96. The van der Waals surface area contributed by atoms with Crippen LogP contribution in [0.1, 0.15) is 16.1 Å². The Hall–Kier alpha value is -1.88. The van der Waals surface area contributed by atoms with Gasteiger partial charge in [0, 0.05) is 16.6 Å². The van der Waals surface area contributed by atoms with Crippen molar-refractivity contribution in [1.82, 2.24) is 4.98 Å². The van der Waals surface area contributed by atoms with Crippen molar-refractivity contribution >= 4 is 23.0 Å². The van der Waals surface area contributed by atoms with Crippen LogP contribution in [0.25, 0.3) is 10.6 Å². The van der Waals surface area contributed by atoms with E-state index in [-0.39, 0.29) is 5.69 Å². The Balaban J connectivity index is 2.42. The number of hydrogen-bond acceptors (Lipinski definition) is 4. The highest BCUT2D eigenvalue weighted by Gasteiger charge is 2.10. The van der Waals surface area contributed by atoms with E-state index in [2.05, 4.69) is 4.98 Å². The molecule has 1 aromatic carbocycles. The van der Waals surface area contributed by atoms with Gasteiger partial charge in [0.15, 0.2) is 5.69 Å². The molecular formula is C11H10N2O2S. The summed E-state index contributed by atoms with van der Waals surface area (Å²) >= 11 is 1.30. The molecule has 0 aliphatic carbocycles. The molecule has 2 rings (SSSR count). The minimum Gasteiger partial charge on any atom is -0.476 e. The molecule has 5 heteroatoms. The summed E-state index contributed by atoms with van der Waals surface area (Å²) < 4.78 is 0. The predicted octanol–water partition coefficient (Wildman–Crippen LogP) is 2.40. The number of hydrogen-bond donors (Lipinski definition) is 2. The molecule has 0 unspecified atom stereocenters. The van der Waals surface area contributed by atoms with Crippen molar-refractivity contribution in [2.24, 2.45) is 0 Å². The second kappa shape index (κ2) is 3.94. The van der Waals surface area contributed by atoms with E-state index in [1.807, 2.05) is 19.1 Å². The maximum Gasteiger partial charge on any atom is 0.355 e. The number of nitrogens with two attached hydrogens (primary N) is 1. The van der Waals surface area contributed by atoms with Gasteiger partial charge in [0.05, 0.1) is 0 Å². The number of carboxylic acids is 1. The molecule has 4 nitrogen and oxygen atoms in total. The molecule has 0 saturated heterocycles. The Morgan fingerprint density at radius 2 is 2.25 bits per heavy atom. The predicted molar refractivity (Wildman–Crippen MR) is 63.7 cm³/mol. The van der Waals surface area contributed by atoms with Gasteiger partial charge in [0.25, 0.3) is 0 Å². The van der Waals surface area contributed by atoms with Crippen LogP contribution in [-0.2, 0) is 0 Å². The number of benzene rings is 1. The SMILES string of the molecule is Cc1ccc(-c2nc(C(=O)O)cs2)cc1N. The van der Waals surface area contributed by atoms with Gasteiger partial charge in [-0.05, 0) is 18.6 Å². The van der Waals surface area contributed by atoms with E-state index in [0.29, 0.717) is 10.7 Å². The zero-order valence-electron chi connectivity index (χ0n) is 8.60. The third-order valence-corrected chi connectivity index (χ3v) is 3.14. The summed E-state index contributed by atoms with van der Waals surface area (Å²) in [6, 6.07) is 5.59. The molecule has 0 aliphatic rings. The van der Waals surface area contributed by atoms with E-state index in [1.54, 1.807) is 6.07 Å². The van der Waals surface area contributed by atoms with Gasteiger partial charge in [-0.15, -0.1) is 11.3 Å². The molecule has 82 valence electrons. The maximum absolute atomic E-state index is 10.7. The van der Waals surface area contributed by atoms with E-state index in [1.165, 1.54) is 16.7 Å². The topological polar surface area (TPSA) is 76.2 Å². The first-order valence-corrected chi connectivity index (χ1v) is 5.51. The van der Waals surface area contributed by atoms with Crippen LogP contribution < -0.4 is 5.73 Å². The molecule has 3 N–H and O–H groups in total. The average Bonchev–Trinajstić information content (AvgIpc) is 2.71. The Morgan fingerprint density at radius 3 is 2.81 bits per heavy atom. The van der Waals surface area contributed by atoms with Crippen LogP contribution in [0.4, 0.5) is 5.69 Å². The van der Waals surface area contributed by atoms with Gasteiger partial charge < -0.3 is 10.8 Å². The minimum absolute atomic E-state index is 0.0687. The zero-order chi connectivity index (χ0) is 11.7. The van der Waals surface area contributed by atoms with Crippen molar-refractivity contribution in [3.05, 3.63) is 34.8 Å². The molecule has 0 radical (unpaired) electrons. The van der Waals surface area contributed by atoms with Crippen molar-refractivity contribution < 1.29 is 9.90 Å². The van der Waals surface area contributed by atoms with Gasteiger partial charge in [0.2, 0.25) is 0 Å². The Morgan fingerprint density at radius 1 is 1.50 bits per heavy atom. The van der Waals surface area contributed by atoms with Crippen LogP contribution in [0.3, 0.4) is 0 Å². The fourth-order valence-corrected chi connectivity index (χ4v) is 2.07. The van der Waals surface area contributed by atoms with Gasteiger partial charge in [-0.2, -0.15) is 0 Å². The molecule has 1 heterocycles. The van der Waals surface area contributed by atoms with Crippen molar-refractivity contribution in [3.8, 4) is 10.6 Å². The van der Waals surface area contributed by atoms with E-state index < -0.39 is 5.97 Å². The van der Waals surface area contributed by atoms with Gasteiger partial charge >= 0.3 is 5.97 Å². The number of rotatable bonds is 2. The molecule has 0 amide bonds. The number of thiazole rings is 1. The normalized spacial score (nSPS) is 10.3. The van der Waals surface area contributed by atoms with Crippen molar-refractivity contribution in [2.75, 3.05) is 5.73 Å². The van der Waals surface area contributed by atoms with Crippen molar-refractivity contribution in [2.45, 2.75) is 6.92 Å².